The second kappa shape index (κ2) is 8.80. The quantitative estimate of drug-likeness (QED) is 0.302. The molecule has 35 heavy (non-hydrogen) atoms. The van der Waals surface area contributed by atoms with Crippen molar-refractivity contribution in [3.8, 4) is 22.4 Å². The van der Waals surface area contributed by atoms with E-state index in [-0.39, 0.29) is 32.9 Å². The largest absolute Gasteiger partial charge is 0.463 e. The van der Waals surface area contributed by atoms with Crippen LogP contribution in [0.5, 0.6) is 0 Å². The maximum absolute atomic E-state index is 13.2. The Hall–Kier alpha value is -3.17. The topological polar surface area (TPSA) is 77.2 Å². The number of sulfone groups is 1. The molecule has 0 N–H and O–H groups in total. The van der Waals surface area contributed by atoms with Crippen molar-refractivity contribution in [1.82, 2.24) is 4.98 Å². The second-order valence-electron chi connectivity index (χ2n) is 8.08. The highest BCUT2D eigenvalue weighted by Gasteiger charge is 2.31. The number of halogens is 4. The number of aromatic nitrogens is 1. The van der Waals surface area contributed by atoms with E-state index in [1.54, 1.807) is 12.1 Å². The number of fused-ring (bicyclic) bond motifs is 1. The van der Waals surface area contributed by atoms with Crippen LogP contribution in [0.4, 0.5) is 13.2 Å². The SMILES string of the molecule is CCS(=O)(=O)c1cc(-c2c(C)cc(Cl)cc2C)cnc1-c1coc2cc(C(F)(F)F)ccc2c1=O. The molecule has 2 heterocycles. The Kier molecular flexibility index (Phi) is 6.27. The first-order chi connectivity index (χ1) is 16.3. The van der Waals surface area contributed by atoms with E-state index in [0.717, 1.165) is 41.2 Å². The molecule has 0 radical (unpaired) electrons. The average molecular weight is 522 g/mol. The van der Waals surface area contributed by atoms with Crippen LogP contribution in [0.1, 0.15) is 23.6 Å². The van der Waals surface area contributed by atoms with Crippen LogP contribution in [-0.2, 0) is 16.0 Å². The first-order valence-electron chi connectivity index (χ1n) is 10.5. The van der Waals surface area contributed by atoms with Gasteiger partial charge in [-0.1, -0.05) is 18.5 Å². The van der Waals surface area contributed by atoms with Crippen LogP contribution in [0.15, 0.2) is 63.0 Å². The molecule has 182 valence electrons. The molecule has 4 rings (SSSR count). The summed E-state index contributed by atoms with van der Waals surface area (Å²) >= 11 is 6.12. The van der Waals surface area contributed by atoms with Gasteiger partial charge in [-0.15, -0.1) is 0 Å². The molecule has 0 aliphatic carbocycles. The second-order valence-corrected chi connectivity index (χ2v) is 10.8. The Morgan fingerprint density at radius 2 is 1.71 bits per heavy atom. The lowest BCUT2D eigenvalue weighted by Crippen LogP contribution is -2.13. The fraction of sp³-hybridized carbons (Fsp3) is 0.200. The summed E-state index contributed by atoms with van der Waals surface area (Å²) in [5, 5.41) is 0.419. The number of alkyl halides is 3. The lowest BCUT2D eigenvalue weighted by atomic mass is 9.96. The molecule has 4 aromatic rings. The highest BCUT2D eigenvalue weighted by atomic mass is 35.5. The van der Waals surface area contributed by atoms with Gasteiger partial charge in [0.15, 0.2) is 9.84 Å². The smallest absolute Gasteiger partial charge is 0.416 e. The highest BCUT2D eigenvalue weighted by Crippen LogP contribution is 2.35. The van der Waals surface area contributed by atoms with E-state index in [2.05, 4.69) is 4.98 Å². The van der Waals surface area contributed by atoms with Crippen molar-refractivity contribution < 1.29 is 26.0 Å². The van der Waals surface area contributed by atoms with Crippen molar-refractivity contribution in [2.45, 2.75) is 31.8 Å². The minimum Gasteiger partial charge on any atom is -0.463 e. The van der Waals surface area contributed by atoms with E-state index in [0.29, 0.717) is 10.6 Å². The van der Waals surface area contributed by atoms with Gasteiger partial charge in [-0.25, -0.2) is 8.42 Å². The normalized spacial score (nSPS) is 12.3. The van der Waals surface area contributed by atoms with E-state index in [1.807, 2.05) is 13.8 Å². The van der Waals surface area contributed by atoms with Crippen molar-refractivity contribution >= 4 is 32.4 Å². The first kappa shape index (κ1) is 24.9. The third kappa shape index (κ3) is 4.58. The van der Waals surface area contributed by atoms with Gasteiger partial charge in [-0.3, -0.25) is 9.78 Å². The van der Waals surface area contributed by atoms with Crippen molar-refractivity contribution in [2.75, 3.05) is 5.75 Å². The van der Waals surface area contributed by atoms with Crippen LogP contribution in [0.2, 0.25) is 5.02 Å². The van der Waals surface area contributed by atoms with Gasteiger partial charge in [-0.05, 0) is 66.9 Å². The Balaban J connectivity index is 1.97. The Labute approximate surface area is 204 Å². The monoisotopic (exact) mass is 521 g/mol. The van der Waals surface area contributed by atoms with Crippen molar-refractivity contribution in [3.05, 3.63) is 80.8 Å². The Morgan fingerprint density at radius 1 is 1.06 bits per heavy atom. The molecule has 0 amide bonds. The van der Waals surface area contributed by atoms with Gasteiger partial charge in [-0.2, -0.15) is 13.2 Å². The van der Waals surface area contributed by atoms with Crippen molar-refractivity contribution in [3.63, 3.8) is 0 Å². The molecule has 0 aliphatic rings. The molecule has 5 nitrogen and oxygen atoms in total. The molecule has 0 unspecified atom stereocenters. The Bertz CT molecular complexity index is 1620. The lowest BCUT2D eigenvalue weighted by molar-refractivity contribution is -0.137. The molecule has 10 heteroatoms. The van der Waals surface area contributed by atoms with Gasteiger partial charge in [0.25, 0.3) is 0 Å². The van der Waals surface area contributed by atoms with Crippen LogP contribution in [0, 0.1) is 13.8 Å². The average Bonchev–Trinajstić information content (AvgIpc) is 2.78. The van der Waals surface area contributed by atoms with Crippen LogP contribution >= 0.6 is 11.6 Å². The molecule has 0 saturated heterocycles. The molecule has 2 aromatic carbocycles. The molecule has 2 aromatic heterocycles. The van der Waals surface area contributed by atoms with Crippen LogP contribution in [-0.4, -0.2) is 19.2 Å². The van der Waals surface area contributed by atoms with Gasteiger partial charge in [0, 0.05) is 16.8 Å². The minimum atomic E-state index is -4.61. The molecule has 0 saturated carbocycles. The third-order valence-electron chi connectivity index (χ3n) is 5.71. The van der Waals surface area contributed by atoms with Crippen LogP contribution < -0.4 is 5.43 Å². The van der Waals surface area contributed by atoms with E-state index in [9.17, 15) is 26.4 Å². The third-order valence-corrected chi connectivity index (χ3v) is 7.67. The minimum absolute atomic E-state index is 0.120. The molecule has 0 bridgehead atoms. The molecule has 0 aliphatic heterocycles. The van der Waals surface area contributed by atoms with Crippen LogP contribution in [0.25, 0.3) is 33.4 Å². The maximum Gasteiger partial charge on any atom is 0.416 e. The standard InChI is InChI=1S/C25H19ClF3NO4S/c1-4-35(32,33)21-9-15(22-13(2)7-17(26)8-14(22)3)11-30-23(21)19-12-34-20-10-16(25(27,28)29)5-6-18(20)24(19)31/h5-12H,4H2,1-3H3. The number of pyridine rings is 1. The summed E-state index contributed by atoms with van der Waals surface area (Å²) in [6.07, 6.45) is -2.22. The summed E-state index contributed by atoms with van der Waals surface area (Å²) in [5.74, 6) is -0.252. The fourth-order valence-corrected chi connectivity index (χ4v) is 5.41. The summed E-state index contributed by atoms with van der Waals surface area (Å²) in [4.78, 5) is 17.3. The number of hydrogen-bond acceptors (Lipinski definition) is 5. The Morgan fingerprint density at radius 3 is 2.31 bits per heavy atom. The summed E-state index contributed by atoms with van der Waals surface area (Å²) in [7, 11) is -3.86. The van der Waals surface area contributed by atoms with Gasteiger partial charge in [0.05, 0.1) is 32.9 Å². The number of rotatable bonds is 4. The number of aryl methyl sites for hydroxylation is 2. The van der Waals surface area contributed by atoms with Crippen LogP contribution in [0.3, 0.4) is 0 Å². The van der Waals surface area contributed by atoms with Gasteiger partial charge in [0.1, 0.15) is 11.8 Å². The first-order valence-corrected chi connectivity index (χ1v) is 12.5. The summed E-state index contributed by atoms with van der Waals surface area (Å²) < 4.78 is 70.5. The summed E-state index contributed by atoms with van der Waals surface area (Å²) in [5.41, 5.74) is 0.690. The van der Waals surface area contributed by atoms with E-state index in [1.165, 1.54) is 19.2 Å². The molecule has 0 fully saturated rings. The summed E-state index contributed by atoms with van der Waals surface area (Å²) in [6.45, 7) is 5.14. The number of benzene rings is 2. The highest BCUT2D eigenvalue weighted by molar-refractivity contribution is 7.91. The zero-order chi connectivity index (χ0) is 25.7. The van der Waals surface area contributed by atoms with Gasteiger partial charge >= 0.3 is 6.18 Å². The molecular formula is C25H19ClF3NO4S. The fourth-order valence-electron chi connectivity index (χ4n) is 4.01. The summed E-state index contributed by atoms with van der Waals surface area (Å²) in [6, 6.07) is 7.46. The van der Waals surface area contributed by atoms with E-state index >= 15 is 0 Å². The van der Waals surface area contributed by atoms with Crippen molar-refractivity contribution in [1.29, 1.82) is 0 Å². The molecule has 0 atom stereocenters. The number of nitrogens with zero attached hydrogens (tertiary/aromatic N) is 1. The number of hydrogen-bond donors (Lipinski definition) is 0. The maximum atomic E-state index is 13.2. The van der Waals surface area contributed by atoms with Crippen molar-refractivity contribution in [2.24, 2.45) is 0 Å². The van der Waals surface area contributed by atoms with Gasteiger partial charge in [0.2, 0.25) is 5.43 Å². The predicted molar refractivity (Wildman–Crippen MR) is 128 cm³/mol. The lowest BCUT2D eigenvalue weighted by Gasteiger charge is -2.15. The van der Waals surface area contributed by atoms with E-state index < -0.39 is 27.0 Å². The zero-order valence-electron chi connectivity index (χ0n) is 18.8. The predicted octanol–water partition coefficient (Wildman–Crippen LogP) is 6.60. The molecular weight excluding hydrogens is 503 g/mol. The van der Waals surface area contributed by atoms with E-state index in [4.69, 9.17) is 16.0 Å². The van der Waals surface area contributed by atoms with Gasteiger partial charge < -0.3 is 4.42 Å². The zero-order valence-corrected chi connectivity index (χ0v) is 20.4. The molecule has 0 spiro atoms.